The van der Waals surface area contributed by atoms with Crippen molar-refractivity contribution in [1.29, 1.82) is 0 Å². The van der Waals surface area contributed by atoms with Crippen molar-refractivity contribution >= 4 is 11.6 Å². The van der Waals surface area contributed by atoms with Gasteiger partial charge in [-0.15, -0.1) is 0 Å². The van der Waals surface area contributed by atoms with Gasteiger partial charge in [0.15, 0.2) is 0 Å². The third-order valence-electron chi connectivity index (χ3n) is 4.17. The lowest BCUT2D eigenvalue weighted by Crippen LogP contribution is -2.31. The molecule has 1 saturated heterocycles. The first kappa shape index (κ1) is 13.9. The summed E-state index contributed by atoms with van der Waals surface area (Å²) in [6.07, 6.45) is 4.21. The molecule has 0 radical (unpaired) electrons. The van der Waals surface area contributed by atoms with Crippen LogP contribution in [-0.2, 0) is 4.79 Å². The van der Waals surface area contributed by atoms with Crippen molar-refractivity contribution in [3.63, 3.8) is 0 Å². The zero-order valence-electron chi connectivity index (χ0n) is 13.0. The molecule has 4 heterocycles. The Bertz CT molecular complexity index is 833. The summed E-state index contributed by atoms with van der Waals surface area (Å²) in [7, 11) is 0. The Morgan fingerprint density at radius 3 is 2.91 bits per heavy atom. The van der Waals surface area contributed by atoms with Gasteiger partial charge < -0.3 is 13.8 Å². The molecule has 4 rings (SSSR count). The first-order valence-electron chi connectivity index (χ1n) is 7.69. The van der Waals surface area contributed by atoms with E-state index in [1.165, 1.54) is 0 Å². The van der Waals surface area contributed by atoms with Crippen LogP contribution in [0, 0.1) is 0 Å². The van der Waals surface area contributed by atoms with Crippen molar-refractivity contribution in [3.05, 3.63) is 36.5 Å². The Hall–Kier alpha value is -2.70. The molecule has 3 aromatic heterocycles. The Morgan fingerprint density at radius 2 is 2.17 bits per heavy atom. The zero-order valence-corrected chi connectivity index (χ0v) is 13.0. The van der Waals surface area contributed by atoms with Gasteiger partial charge in [-0.05, 0) is 26.0 Å². The summed E-state index contributed by atoms with van der Waals surface area (Å²) in [4.78, 5) is 22.8. The van der Waals surface area contributed by atoms with Crippen molar-refractivity contribution in [2.45, 2.75) is 32.2 Å². The van der Waals surface area contributed by atoms with Gasteiger partial charge in [0, 0.05) is 31.4 Å². The van der Waals surface area contributed by atoms with E-state index in [0.29, 0.717) is 30.4 Å². The molecule has 0 aliphatic carbocycles. The molecule has 1 atom stereocenters. The van der Waals surface area contributed by atoms with Gasteiger partial charge in [0.1, 0.15) is 11.3 Å². The van der Waals surface area contributed by atoms with E-state index in [-0.39, 0.29) is 17.9 Å². The lowest BCUT2D eigenvalue weighted by atomic mass is 10.1. The smallest absolute Gasteiger partial charge is 0.232 e. The molecule has 118 valence electrons. The van der Waals surface area contributed by atoms with Crippen molar-refractivity contribution in [1.82, 2.24) is 24.4 Å². The van der Waals surface area contributed by atoms with Gasteiger partial charge in [0.05, 0.1) is 5.92 Å². The van der Waals surface area contributed by atoms with Crippen LogP contribution in [0.25, 0.3) is 17.2 Å². The Balaban J connectivity index is 1.61. The van der Waals surface area contributed by atoms with Gasteiger partial charge >= 0.3 is 0 Å². The topological polar surface area (TPSA) is 76.5 Å². The molecule has 3 aromatic rings. The molecule has 0 unspecified atom stereocenters. The van der Waals surface area contributed by atoms with Crippen LogP contribution in [0.1, 0.15) is 32.1 Å². The molecular weight excluding hydrogens is 294 g/mol. The molecule has 0 aromatic carbocycles. The molecule has 0 bridgehead atoms. The number of pyridine rings is 1. The van der Waals surface area contributed by atoms with Crippen LogP contribution in [-0.4, -0.2) is 42.9 Å². The molecule has 0 saturated carbocycles. The fourth-order valence-electron chi connectivity index (χ4n) is 2.94. The fraction of sp³-hybridized carbons (Fsp3) is 0.375. The molecule has 7 nitrogen and oxygen atoms in total. The van der Waals surface area contributed by atoms with Crippen molar-refractivity contribution in [3.8, 4) is 11.5 Å². The Kier molecular flexibility index (Phi) is 3.14. The fourth-order valence-corrected chi connectivity index (χ4v) is 2.94. The third-order valence-corrected chi connectivity index (χ3v) is 4.17. The SMILES string of the molecule is CC(C)N1C[C@@H](c2nc(-c3cn4ccccc4n3)no2)CC1=O. The maximum Gasteiger partial charge on any atom is 0.232 e. The predicted molar refractivity (Wildman–Crippen MR) is 82.7 cm³/mol. The van der Waals surface area contributed by atoms with E-state index < -0.39 is 0 Å². The van der Waals surface area contributed by atoms with E-state index in [1.807, 2.05) is 53.7 Å². The largest absolute Gasteiger partial charge is 0.339 e. The summed E-state index contributed by atoms with van der Waals surface area (Å²) >= 11 is 0. The van der Waals surface area contributed by atoms with E-state index in [9.17, 15) is 4.79 Å². The first-order valence-corrected chi connectivity index (χ1v) is 7.69. The van der Waals surface area contributed by atoms with E-state index in [4.69, 9.17) is 4.52 Å². The number of rotatable bonds is 3. The van der Waals surface area contributed by atoms with Crippen LogP contribution in [0.5, 0.6) is 0 Å². The Labute approximate surface area is 132 Å². The van der Waals surface area contributed by atoms with E-state index >= 15 is 0 Å². The minimum Gasteiger partial charge on any atom is -0.339 e. The number of imidazole rings is 1. The van der Waals surface area contributed by atoms with Crippen LogP contribution >= 0.6 is 0 Å². The van der Waals surface area contributed by atoms with Gasteiger partial charge in [0.25, 0.3) is 0 Å². The zero-order chi connectivity index (χ0) is 16.0. The van der Waals surface area contributed by atoms with Crippen molar-refractivity contribution in [2.24, 2.45) is 0 Å². The number of amides is 1. The summed E-state index contributed by atoms with van der Waals surface area (Å²) < 4.78 is 7.29. The number of carbonyl (C=O) groups is 1. The van der Waals surface area contributed by atoms with Gasteiger partial charge in [-0.3, -0.25) is 4.79 Å². The number of likely N-dealkylation sites (tertiary alicyclic amines) is 1. The monoisotopic (exact) mass is 311 g/mol. The average Bonchev–Trinajstić information content (AvgIpc) is 3.23. The summed E-state index contributed by atoms with van der Waals surface area (Å²) in [5, 5.41) is 4.03. The number of carbonyl (C=O) groups excluding carboxylic acids is 1. The van der Waals surface area contributed by atoms with Gasteiger partial charge in [0.2, 0.25) is 17.6 Å². The Morgan fingerprint density at radius 1 is 1.30 bits per heavy atom. The standard InChI is InChI=1S/C16H17N5O2/c1-10(2)21-8-11(7-14(21)22)16-18-15(19-23-16)12-9-20-6-4-3-5-13(20)17-12/h3-6,9-11H,7-8H2,1-2H3/t11-/m0/s1. The molecule has 0 N–H and O–H groups in total. The van der Waals surface area contributed by atoms with Crippen LogP contribution in [0.2, 0.25) is 0 Å². The number of fused-ring (bicyclic) bond motifs is 1. The highest BCUT2D eigenvalue weighted by Gasteiger charge is 2.35. The maximum absolute atomic E-state index is 12.0. The van der Waals surface area contributed by atoms with Crippen LogP contribution < -0.4 is 0 Å². The minimum absolute atomic E-state index is 0.0387. The second kappa shape index (κ2) is 5.19. The maximum atomic E-state index is 12.0. The molecular formula is C16H17N5O2. The highest BCUT2D eigenvalue weighted by atomic mass is 16.5. The summed E-state index contributed by atoms with van der Waals surface area (Å²) in [5.74, 6) is 1.06. The third kappa shape index (κ3) is 2.38. The quantitative estimate of drug-likeness (QED) is 0.740. The average molecular weight is 311 g/mol. The van der Waals surface area contributed by atoms with E-state index in [0.717, 1.165) is 5.65 Å². The summed E-state index contributed by atoms with van der Waals surface area (Å²) in [5.41, 5.74) is 1.49. The second-order valence-corrected chi connectivity index (χ2v) is 6.09. The molecule has 1 amide bonds. The second-order valence-electron chi connectivity index (χ2n) is 6.09. The number of nitrogens with zero attached hydrogens (tertiary/aromatic N) is 5. The molecule has 1 aliphatic rings. The number of hydrogen-bond donors (Lipinski definition) is 0. The molecule has 0 spiro atoms. The normalized spacial score (nSPS) is 18.5. The highest BCUT2D eigenvalue weighted by molar-refractivity contribution is 5.79. The van der Waals surface area contributed by atoms with Crippen LogP contribution in [0.15, 0.2) is 35.1 Å². The van der Waals surface area contributed by atoms with Gasteiger partial charge in [-0.1, -0.05) is 11.2 Å². The van der Waals surface area contributed by atoms with Crippen molar-refractivity contribution < 1.29 is 9.32 Å². The minimum atomic E-state index is -0.0387. The lowest BCUT2D eigenvalue weighted by Gasteiger charge is -2.20. The van der Waals surface area contributed by atoms with E-state index in [2.05, 4.69) is 15.1 Å². The summed E-state index contributed by atoms with van der Waals surface area (Å²) in [6, 6.07) is 5.97. The molecule has 7 heteroatoms. The number of aromatic nitrogens is 4. The highest BCUT2D eigenvalue weighted by Crippen LogP contribution is 2.29. The predicted octanol–water partition coefficient (Wildman–Crippen LogP) is 2.11. The van der Waals surface area contributed by atoms with Gasteiger partial charge in [-0.2, -0.15) is 4.98 Å². The molecule has 1 fully saturated rings. The first-order chi connectivity index (χ1) is 11.1. The lowest BCUT2D eigenvalue weighted by molar-refractivity contribution is -0.129. The van der Waals surface area contributed by atoms with Crippen LogP contribution in [0.3, 0.4) is 0 Å². The molecule has 1 aliphatic heterocycles. The van der Waals surface area contributed by atoms with E-state index in [1.54, 1.807) is 0 Å². The van der Waals surface area contributed by atoms with Gasteiger partial charge in [-0.25, -0.2) is 4.98 Å². The summed E-state index contributed by atoms with van der Waals surface area (Å²) in [6.45, 7) is 4.65. The van der Waals surface area contributed by atoms with Crippen molar-refractivity contribution in [2.75, 3.05) is 6.54 Å². The molecule has 23 heavy (non-hydrogen) atoms. The number of hydrogen-bond acceptors (Lipinski definition) is 5. The van der Waals surface area contributed by atoms with Crippen LogP contribution in [0.4, 0.5) is 0 Å².